The second kappa shape index (κ2) is 6.02. The summed E-state index contributed by atoms with van der Waals surface area (Å²) in [4.78, 5) is 12.6. The van der Waals surface area contributed by atoms with Gasteiger partial charge in [0.25, 0.3) is 5.69 Å². The van der Waals surface area contributed by atoms with Crippen molar-refractivity contribution in [3.8, 4) is 6.07 Å². The highest BCUT2D eigenvalue weighted by molar-refractivity contribution is 5.37. The molecular weight excluding hydrogens is 254 g/mol. The first-order chi connectivity index (χ1) is 9.51. The maximum atomic E-state index is 10.9. The highest BCUT2D eigenvalue weighted by atomic mass is 16.6. The molecule has 1 saturated heterocycles. The van der Waals surface area contributed by atoms with E-state index in [0.29, 0.717) is 17.4 Å². The van der Waals surface area contributed by atoms with Crippen LogP contribution >= 0.6 is 0 Å². The van der Waals surface area contributed by atoms with Gasteiger partial charge in [-0.1, -0.05) is 26.0 Å². The number of hydrogen-bond acceptors (Lipinski definition) is 4. The molecule has 1 aliphatic rings. The average molecular weight is 273 g/mol. The largest absolute Gasteiger partial charge is 0.284 e. The zero-order valence-electron chi connectivity index (χ0n) is 11.8. The molecule has 0 aliphatic carbocycles. The zero-order chi connectivity index (χ0) is 14.7. The molecule has 0 aromatic heterocycles. The van der Waals surface area contributed by atoms with Gasteiger partial charge in [0.05, 0.1) is 11.0 Å². The van der Waals surface area contributed by atoms with Gasteiger partial charge in [-0.3, -0.25) is 15.0 Å². The molecule has 0 N–H and O–H groups in total. The molecule has 1 heterocycles. The molecule has 2 rings (SSSR count). The van der Waals surface area contributed by atoms with Crippen molar-refractivity contribution in [2.24, 2.45) is 11.8 Å². The van der Waals surface area contributed by atoms with Crippen LogP contribution in [0.3, 0.4) is 0 Å². The summed E-state index contributed by atoms with van der Waals surface area (Å²) in [6.07, 6.45) is 1.17. The molecule has 0 spiro atoms. The molecule has 0 bridgehead atoms. The average Bonchev–Trinajstić information content (AvgIpc) is 2.39. The lowest BCUT2D eigenvalue weighted by molar-refractivity contribution is -0.384. The van der Waals surface area contributed by atoms with E-state index in [1.54, 1.807) is 12.1 Å². The topological polar surface area (TPSA) is 70.2 Å². The van der Waals surface area contributed by atoms with Crippen LogP contribution in [0.15, 0.2) is 24.3 Å². The summed E-state index contributed by atoms with van der Waals surface area (Å²) >= 11 is 0. The molecule has 3 atom stereocenters. The van der Waals surface area contributed by atoms with Crippen molar-refractivity contribution in [2.45, 2.75) is 26.3 Å². The van der Waals surface area contributed by atoms with Gasteiger partial charge in [-0.2, -0.15) is 5.26 Å². The second-order valence-corrected chi connectivity index (χ2v) is 5.78. The van der Waals surface area contributed by atoms with Gasteiger partial charge in [0.2, 0.25) is 0 Å². The van der Waals surface area contributed by atoms with Gasteiger partial charge in [-0.15, -0.1) is 0 Å². The van der Waals surface area contributed by atoms with Crippen molar-refractivity contribution in [2.75, 3.05) is 13.1 Å². The highest BCUT2D eigenvalue weighted by Crippen LogP contribution is 2.30. The Hall–Kier alpha value is -1.93. The summed E-state index contributed by atoms with van der Waals surface area (Å²) in [6, 6.07) is 8.31. The summed E-state index contributed by atoms with van der Waals surface area (Å²) in [7, 11) is 0. The normalized spacial score (nSPS) is 24.9. The van der Waals surface area contributed by atoms with Crippen molar-refractivity contribution in [1.82, 2.24) is 4.90 Å². The molecule has 5 nitrogen and oxygen atoms in total. The van der Waals surface area contributed by atoms with E-state index in [4.69, 9.17) is 0 Å². The van der Waals surface area contributed by atoms with E-state index in [2.05, 4.69) is 24.8 Å². The monoisotopic (exact) mass is 273 g/mol. The van der Waals surface area contributed by atoms with Gasteiger partial charge in [0.15, 0.2) is 0 Å². The number of nitrogens with zero attached hydrogens (tertiary/aromatic N) is 3. The first kappa shape index (κ1) is 14.5. The van der Waals surface area contributed by atoms with Crippen LogP contribution in [0.5, 0.6) is 0 Å². The third kappa shape index (κ3) is 3.14. The Morgan fingerprint density at radius 2 is 2.05 bits per heavy atom. The van der Waals surface area contributed by atoms with Crippen LogP contribution in [0.4, 0.5) is 5.69 Å². The lowest BCUT2D eigenvalue weighted by Gasteiger charge is -2.37. The molecule has 20 heavy (non-hydrogen) atoms. The van der Waals surface area contributed by atoms with Crippen LogP contribution in [0, 0.1) is 33.3 Å². The van der Waals surface area contributed by atoms with Gasteiger partial charge in [0.1, 0.15) is 6.04 Å². The van der Waals surface area contributed by atoms with Crippen LogP contribution in [-0.4, -0.2) is 22.9 Å². The lowest BCUT2D eigenvalue weighted by atomic mass is 9.90. The van der Waals surface area contributed by atoms with Crippen molar-refractivity contribution in [1.29, 1.82) is 5.26 Å². The number of nitro benzene ring substituents is 1. The maximum absolute atomic E-state index is 10.9. The number of likely N-dealkylation sites (tertiary alicyclic amines) is 1. The summed E-state index contributed by atoms with van der Waals surface area (Å²) in [6.45, 7) is 6.10. The molecule has 1 aromatic carbocycles. The number of non-ortho nitro benzene ring substituents is 1. The molecule has 106 valence electrons. The third-order valence-corrected chi connectivity index (χ3v) is 3.78. The highest BCUT2D eigenvalue weighted by Gasteiger charge is 2.29. The van der Waals surface area contributed by atoms with E-state index in [9.17, 15) is 15.4 Å². The van der Waals surface area contributed by atoms with Crippen LogP contribution < -0.4 is 0 Å². The molecule has 3 unspecified atom stereocenters. The van der Waals surface area contributed by atoms with E-state index in [-0.39, 0.29) is 5.69 Å². The summed E-state index contributed by atoms with van der Waals surface area (Å²) in [5.74, 6) is 1.10. The molecule has 0 radical (unpaired) electrons. The van der Waals surface area contributed by atoms with Crippen LogP contribution in [0.2, 0.25) is 0 Å². The van der Waals surface area contributed by atoms with Gasteiger partial charge in [-0.05, 0) is 23.8 Å². The minimum absolute atomic E-state index is 0.0425. The fourth-order valence-corrected chi connectivity index (χ4v) is 3.10. The molecule has 5 heteroatoms. The number of benzene rings is 1. The smallest absolute Gasteiger partial charge is 0.269 e. The van der Waals surface area contributed by atoms with Gasteiger partial charge >= 0.3 is 0 Å². The number of piperidine rings is 1. The summed E-state index contributed by atoms with van der Waals surface area (Å²) < 4.78 is 0. The van der Waals surface area contributed by atoms with Crippen LogP contribution in [0.25, 0.3) is 0 Å². The number of nitriles is 1. The minimum atomic E-state index is -0.417. The number of hydrogen-bond donors (Lipinski definition) is 0. The molecule has 0 amide bonds. The van der Waals surface area contributed by atoms with Gasteiger partial charge in [0, 0.05) is 25.2 Å². The lowest BCUT2D eigenvalue weighted by Crippen LogP contribution is -2.40. The maximum Gasteiger partial charge on any atom is 0.269 e. The van der Waals surface area contributed by atoms with Crippen molar-refractivity contribution >= 4 is 5.69 Å². The van der Waals surface area contributed by atoms with Crippen molar-refractivity contribution in [3.63, 3.8) is 0 Å². The molecule has 0 saturated carbocycles. The Morgan fingerprint density at radius 1 is 1.40 bits per heavy atom. The van der Waals surface area contributed by atoms with E-state index in [1.807, 2.05) is 0 Å². The second-order valence-electron chi connectivity index (χ2n) is 5.78. The first-order valence-electron chi connectivity index (χ1n) is 6.89. The Kier molecular flexibility index (Phi) is 4.35. The fourth-order valence-electron chi connectivity index (χ4n) is 3.10. The molecule has 1 fully saturated rings. The zero-order valence-corrected chi connectivity index (χ0v) is 11.8. The Balaban J connectivity index is 2.26. The molecular formula is C15H19N3O2. The third-order valence-electron chi connectivity index (χ3n) is 3.78. The fraction of sp³-hybridized carbons (Fsp3) is 0.533. The Morgan fingerprint density at radius 3 is 2.60 bits per heavy atom. The number of nitro groups is 1. The summed E-state index contributed by atoms with van der Waals surface area (Å²) in [5, 5.41) is 20.3. The number of rotatable bonds is 3. The van der Waals surface area contributed by atoms with Crippen LogP contribution in [-0.2, 0) is 0 Å². The van der Waals surface area contributed by atoms with Gasteiger partial charge in [-0.25, -0.2) is 0 Å². The van der Waals surface area contributed by atoms with Crippen molar-refractivity contribution in [3.05, 3.63) is 39.9 Å². The molecule has 1 aromatic rings. The van der Waals surface area contributed by atoms with E-state index in [0.717, 1.165) is 13.1 Å². The summed E-state index contributed by atoms with van der Waals surface area (Å²) in [5.41, 5.74) is 0.754. The van der Waals surface area contributed by atoms with Crippen molar-refractivity contribution < 1.29 is 4.92 Å². The van der Waals surface area contributed by atoms with Crippen LogP contribution in [0.1, 0.15) is 31.9 Å². The minimum Gasteiger partial charge on any atom is -0.284 e. The molecule has 1 aliphatic heterocycles. The van der Waals surface area contributed by atoms with E-state index in [1.165, 1.54) is 18.6 Å². The Bertz CT molecular complexity index is 528. The Labute approximate surface area is 119 Å². The SMILES string of the molecule is CC1CC(C)CN(C(C#N)c2cccc([N+](=O)[O-])c2)C1. The van der Waals surface area contributed by atoms with Gasteiger partial charge < -0.3 is 0 Å². The standard InChI is InChI=1S/C15H19N3O2/c1-11-6-12(2)10-17(9-11)15(8-16)13-4-3-5-14(7-13)18(19)20/h3-5,7,11-12,15H,6,9-10H2,1-2H3. The quantitative estimate of drug-likeness (QED) is 0.626. The van der Waals surface area contributed by atoms with E-state index < -0.39 is 11.0 Å². The first-order valence-corrected chi connectivity index (χ1v) is 6.89. The van der Waals surface area contributed by atoms with E-state index >= 15 is 0 Å². The predicted molar refractivity (Wildman–Crippen MR) is 76.0 cm³/mol. The predicted octanol–water partition coefficient (Wildman–Crippen LogP) is 3.14.